The quantitative estimate of drug-likeness (QED) is 0.490. The highest BCUT2D eigenvalue weighted by atomic mass is 15.0. The van der Waals surface area contributed by atoms with Crippen LogP contribution in [0, 0.1) is 5.92 Å². The zero-order chi connectivity index (χ0) is 7.56. The van der Waals surface area contributed by atoms with Gasteiger partial charge in [-0.3, -0.25) is 0 Å². The van der Waals surface area contributed by atoms with Crippen LogP contribution in [0.25, 0.3) is 0 Å². The Kier molecular flexibility index (Phi) is 2.41. The summed E-state index contributed by atoms with van der Waals surface area (Å²) in [6.45, 7) is 7.52. The molecule has 1 heterocycles. The van der Waals surface area contributed by atoms with Crippen LogP contribution in [-0.2, 0) is 0 Å². The third kappa shape index (κ3) is 1.36. The van der Waals surface area contributed by atoms with E-state index in [1.807, 2.05) is 0 Å². The third-order valence-electron chi connectivity index (χ3n) is 2.50. The van der Waals surface area contributed by atoms with Crippen LogP contribution in [0.5, 0.6) is 0 Å². The number of allylic oxidation sites excluding steroid dienone is 1. The van der Waals surface area contributed by atoms with Crippen molar-refractivity contribution in [3.8, 4) is 0 Å². The van der Waals surface area contributed by atoms with Crippen LogP contribution in [0.4, 0.5) is 0 Å². The van der Waals surface area contributed by atoms with Gasteiger partial charge in [0.2, 0.25) is 7.98 Å². The monoisotopic (exact) mass is 137 g/mol. The Morgan fingerprint density at radius 3 is 3.00 bits per heavy atom. The van der Waals surface area contributed by atoms with E-state index < -0.39 is 0 Å². The van der Waals surface area contributed by atoms with Gasteiger partial charge in [0, 0.05) is 6.54 Å². The fraction of sp³-hybridized carbons (Fsp3) is 0.750. The maximum absolute atomic E-state index is 4.07. The molecular formula is C8H16BN. The SMILES string of the molecule is BN1CCCC(CC)C1=C. The smallest absolute Gasteiger partial charge is 0.217 e. The molecule has 0 aromatic rings. The molecule has 1 aliphatic rings. The van der Waals surface area contributed by atoms with E-state index in [0.29, 0.717) is 0 Å². The van der Waals surface area contributed by atoms with Gasteiger partial charge in [0.1, 0.15) is 0 Å². The largest absolute Gasteiger partial charge is 0.425 e. The van der Waals surface area contributed by atoms with Crippen molar-refractivity contribution in [1.29, 1.82) is 0 Å². The highest BCUT2D eigenvalue weighted by Crippen LogP contribution is 2.26. The van der Waals surface area contributed by atoms with Gasteiger partial charge in [0.05, 0.1) is 0 Å². The topological polar surface area (TPSA) is 3.24 Å². The molecule has 0 aliphatic carbocycles. The van der Waals surface area contributed by atoms with Crippen molar-refractivity contribution in [3.05, 3.63) is 12.3 Å². The Balaban J connectivity index is 2.51. The van der Waals surface area contributed by atoms with Gasteiger partial charge in [0.15, 0.2) is 0 Å². The van der Waals surface area contributed by atoms with E-state index in [-0.39, 0.29) is 0 Å². The summed E-state index contributed by atoms with van der Waals surface area (Å²) in [6.07, 6.45) is 3.94. The molecule has 0 amide bonds. The summed E-state index contributed by atoms with van der Waals surface area (Å²) in [5.74, 6) is 0.763. The Labute approximate surface area is 64.5 Å². The Hall–Kier alpha value is -0.395. The van der Waals surface area contributed by atoms with Crippen LogP contribution in [0.2, 0.25) is 0 Å². The summed E-state index contributed by atoms with van der Waals surface area (Å²) in [5, 5.41) is 0. The number of piperidine rings is 1. The molecule has 56 valence electrons. The van der Waals surface area contributed by atoms with Crippen molar-refractivity contribution in [3.63, 3.8) is 0 Å². The van der Waals surface area contributed by atoms with Crippen molar-refractivity contribution >= 4 is 7.98 Å². The number of nitrogens with zero attached hydrogens (tertiary/aromatic N) is 1. The molecule has 1 fully saturated rings. The standard InChI is InChI=1S/C8H16BN/c1-3-8-5-4-6-10(9)7(8)2/h8H,2-6,9H2,1H3. The fourth-order valence-electron chi connectivity index (χ4n) is 1.64. The molecule has 0 aromatic carbocycles. The van der Waals surface area contributed by atoms with Crippen LogP contribution in [0.1, 0.15) is 26.2 Å². The molecule has 1 unspecified atom stereocenters. The number of hydrogen-bond acceptors (Lipinski definition) is 1. The summed E-state index contributed by atoms with van der Waals surface area (Å²) in [6, 6.07) is 0. The van der Waals surface area contributed by atoms with E-state index in [9.17, 15) is 0 Å². The van der Waals surface area contributed by atoms with Crippen molar-refractivity contribution in [2.45, 2.75) is 26.2 Å². The van der Waals surface area contributed by atoms with Crippen LogP contribution in [-0.4, -0.2) is 19.3 Å². The average Bonchev–Trinajstić information content (AvgIpc) is 1.95. The summed E-state index contributed by atoms with van der Waals surface area (Å²) < 4.78 is 0. The molecule has 0 aromatic heterocycles. The lowest BCUT2D eigenvalue weighted by Gasteiger charge is -2.33. The molecule has 0 spiro atoms. The van der Waals surface area contributed by atoms with E-state index in [4.69, 9.17) is 0 Å². The van der Waals surface area contributed by atoms with Crippen molar-refractivity contribution in [1.82, 2.24) is 4.81 Å². The molecule has 0 radical (unpaired) electrons. The number of rotatable bonds is 1. The molecule has 0 N–H and O–H groups in total. The molecule has 1 saturated heterocycles. The van der Waals surface area contributed by atoms with Crippen LogP contribution in [0.3, 0.4) is 0 Å². The fourth-order valence-corrected chi connectivity index (χ4v) is 1.64. The molecule has 0 saturated carbocycles. The maximum atomic E-state index is 4.07. The number of hydrogen-bond donors (Lipinski definition) is 0. The summed E-state index contributed by atoms with van der Waals surface area (Å²) >= 11 is 0. The predicted molar refractivity (Wildman–Crippen MR) is 47.4 cm³/mol. The lowest BCUT2D eigenvalue weighted by molar-refractivity contribution is 0.344. The van der Waals surface area contributed by atoms with E-state index in [2.05, 4.69) is 26.3 Å². The van der Waals surface area contributed by atoms with E-state index >= 15 is 0 Å². The highest BCUT2D eigenvalue weighted by Gasteiger charge is 2.17. The van der Waals surface area contributed by atoms with Gasteiger partial charge < -0.3 is 4.81 Å². The first-order valence-corrected chi connectivity index (χ1v) is 4.15. The lowest BCUT2D eigenvalue weighted by Crippen LogP contribution is -2.30. The minimum Gasteiger partial charge on any atom is -0.425 e. The summed E-state index contributed by atoms with van der Waals surface area (Å²) in [4.78, 5) is 2.29. The van der Waals surface area contributed by atoms with Gasteiger partial charge in [-0.1, -0.05) is 13.5 Å². The molecule has 1 aliphatic heterocycles. The highest BCUT2D eigenvalue weighted by molar-refractivity contribution is 6.05. The minimum absolute atomic E-state index is 0.763. The van der Waals surface area contributed by atoms with E-state index in [0.717, 1.165) is 5.92 Å². The molecule has 1 rings (SSSR count). The first-order valence-electron chi connectivity index (χ1n) is 4.15. The van der Waals surface area contributed by atoms with Gasteiger partial charge in [-0.15, -0.1) is 0 Å². The van der Waals surface area contributed by atoms with Gasteiger partial charge in [-0.2, -0.15) is 0 Å². The van der Waals surface area contributed by atoms with E-state index in [1.54, 1.807) is 0 Å². The van der Waals surface area contributed by atoms with Gasteiger partial charge in [0.25, 0.3) is 0 Å². The second kappa shape index (κ2) is 3.13. The third-order valence-corrected chi connectivity index (χ3v) is 2.50. The van der Waals surface area contributed by atoms with Gasteiger partial charge >= 0.3 is 0 Å². The van der Waals surface area contributed by atoms with Crippen LogP contribution in [0.15, 0.2) is 12.3 Å². The average molecular weight is 137 g/mol. The zero-order valence-electron chi connectivity index (χ0n) is 7.06. The zero-order valence-corrected chi connectivity index (χ0v) is 7.06. The second-order valence-corrected chi connectivity index (χ2v) is 3.16. The lowest BCUT2D eigenvalue weighted by atomic mass is 9.90. The Morgan fingerprint density at radius 2 is 2.50 bits per heavy atom. The predicted octanol–water partition coefficient (Wildman–Crippen LogP) is 1.17. The molecular weight excluding hydrogens is 121 g/mol. The van der Waals surface area contributed by atoms with Crippen molar-refractivity contribution in [2.24, 2.45) is 5.92 Å². The van der Waals surface area contributed by atoms with Gasteiger partial charge in [-0.25, -0.2) is 0 Å². The van der Waals surface area contributed by atoms with E-state index in [1.165, 1.54) is 31.5 Å². The molecule has 0 bridgehead atoms. The maximum Gasteiger partial charge on any atom is 0.217 e. The first-order chi connectivity index (χ1) is 4.75. The van der Waals surface area contributed by atoms with Crippen molar-refractivity contribution in [2.75, 3.05) is 6.54 Å². The Bertz CT molecular complexity index is 133. The second-order valence-electron chi connectivity index (χ2n) is 3.16. The van der Waals surface area contributed by atoms with Crippen LogP contribution >= 0.6 is 0 Å². The molecule has 2 heteroatoms. The summed E-state index contributed by atoms with van der Waals surface area (Å²) in [5.41, 5.74) is 1.34. The molecule has 1 atom stereocenters. The minimum atomic E-state index is 0.763. The molecule has 10 heavy (non-hydrogen) atoms. The summed E-state index contributed by atoms with van der Waals surface area (Å²) in [7, 11) is 2.14. The van der Waals surface area contributed by atoms with Gasteiger partial charge in [-0.05, 0) is 30.9 Å². The Morgan fingerprint density at radius 1 is 1.80 bits per heavy atom. The normalized spacial score (nSPS) is 27.1. The van der Waals surface area contributed by atoms with Crippen LogP contribution < -0.4 is 0 Å². The first kappa shape index (κ1) is 7.71. The molecule has 1 nitrogen and oxygen atoms in total. The van der Waals surface area contributed by atoms with Crippen molar-refractivity contribution < 1.29 is 0 Å².